The molecule has 0 aromatic carbocycles. The van der Waals surface area contributed by atoms with Gasteiger partial charge in [0.15, 0.2) is 0 Å². The summed E-state index contributed by atoms with van der Waals surface area (Å²) in [5.74, 6) is 0. The van der Waals surface area contributed by atoms with Crippen LogP contribution in [0, 0.1) is 0 Å². The van der Waals surface area contributed by atoms with E-state index in [2.05, 4.69) is 14.1 Å². The van der Waals surface area contributed by atoms with Crippen molar-refractivity contribution in [3.63, 3.8) is 0 Å². The molecule has 0 bridgehead atoms. The first-order valence-electron chi connectivity index (χ1n) is 2.30. The monoisotopic (exact) mass is 394 g/mol. The van der Waals surface area contributed by atoms with E-state index in [0.717, 1.165) is 4.73 Å². The largest absolute Gasteiger partial charge is 1.00 e. The van der Waals surface area contributed by atoms with E-state index in [1.165, 1.54) is 0 Å². The van der Waals surface area contributed by atoms with Crippen LogP contribution in [0.25, 0.3) is 0 Å². The van der Waals surface area contributed by atoms with Crippen LogP contribution in [0.4, 0.5) is 0 Å². The van der Waals surface area contributed by atoms with Crippen molar-refractivity contribution in [1.82, 2.24) is 0 Å². The molecule has 0 heterocycles. The molecule has 0 aliphatic carbocycles. The maximum Gasteiger partial charge on any atom is 0.0967 e. The first-order chi connectivity index (χ1) is 4.59. The van der Waals surface area contributed by atoms with E-state index in [0.29, 0.717) is 0 Å². The van der Waals surface area contributed by atoms with Crippen LogP contribution in [0.15, 0.2) is 0 Å². The van der Waals surface area contributed by atoms with Crippen LogP contribution >= 0.6 is 37.3 Å². The number of nitrogens with zero attached hydrogens (tertiary/aromatic N) is 1. The van der Waals surface area contributed by atoms with Gasteiger partial charge in [-0.05, 0) is 0 Å². The average Bonchev–Trinajstić information content (AvgIpc) is 1.88. The van der Waals surface area contributed by atoms with E-state index in [4.69, 9.17) is 28.9 Å². The molecule has 2 N–H and O–H groups in total. The van der Waals surface area contributed by atoms with E-state index >= 15 is 0 Å². The maximum atomic E-state index is 5.44. The van der Waals surface area contributed by atoms with Crippen LogP contribution in [0.5, 0.6) is 0 Å². The molecule has 0 rings (SSSR count). The molecule has 11 heavy (non-hydrogen) atoms. The Balaban J connectivity index is -0.000000140. The minimum atomic E-state index is 0. The van der Waals surface area contributed by atoms with Crippen LogP contribution in [-0.4, -0.2) is 41.9 Å². The Morgan fingerprint density at radius 1 is 1.55 bits per heavy atom. The molecule has 7 heteroatoms. The number of hydrogen-bond donors (Lipinski definition) is 1. The summed E-state index contributed by atoms with van der Waals surface area (Å²) in [4.78, 5) is 0. The summed E-state index contributed by atoms with van der Waals surface area (Å²) in [7, 11) is 3.86. The van der Waals surface area contributed by atoms with Crippen molar-refractivity contribution in [2.75, 3.05) is 19.4 Å². The van der Waals surface area contributed by atoms with Gasteiger partial charge in [0.2, 0.25) is 0 Å². The fraction of sp³-hybridized carbons (Fsp3) is 0.750. The van der Waals surface area contributed by atoms with E-state index in [1.54, 1.807) is 0 Å². The van der Waals surface area contributed by atoms with Crippen LogP contribution in [0.3, 0.4) is 0 Å². The minimum Gasteiger partial charge on any atom is -1.00 e. The van der Waals surface area contributed by atoms with Crippen LogP contribution in [0.1, 0.15) is 0 Å². The topological polar surface area (TPSA) is 29.0 Å². The van der Waals surface area contributed by atoms with Crippen LogP contribution in [0.2, 0.25) is 0 Å². The van der Waals surface area contributed by atoms with Gasteiger partial charge in [0, 0.05) is 0 Å². The quantitative estimate of drug-likeness (QED) is 0.180. The standard InChI is InChI=1S/C3H7BrN2Se.CH2Cl2.BrH/c1-6(2)3(5)7-4;2-1-3;/h5H,1-2H3;1H2;1H. The Morgan fingerprint density at radius 2 is 1.82 bits per heavy atom. The number of halogens is 4. The minimum absolute atomic E-state index is 0. The number of alkyl halides is 2. The fourth-order valence-electron chi connectivity index (χ4n) is 0.0690. The van der Waals surface area contributed by atoms with E-state index in [9.17, 15) is 0 Å². The molecular weight excluding hydrogens is 386 g/mol. The first-order valence-corrected chi connectivity index (χ1v) is 8.24. The number of nitrogens with two attached hydrogens (primary N) is 1. The molecule has 0 aromatic heterocycles. The van der Waals surface area contributed by atoms with Crippen molar-refractivity contribution in [2.24, 2.45) is 5.73 Å². The van der Waals surface area contributed by atoms with Crippen molar-refractivity contribution in [1.29, 1.82) is 0 Å². The SMILES string of the molecule is C[N+](C)=C(N)[Se]Br.ClCCl.[Br-]. The summed E-state index contributed by atoms with van der Waals surface area (Å²) in [6.45, 7) is 0. The maximum absolute atomic E-state index is 5.44. The van der Waals surface area contributed by atoms with Crippen molar-refractivity contribution in [3.8, 4) is 0 Å². The van der Waals surface area contributed by atoms with Crippen molar-refractivity contribution < 1.29 is 21.6 Å². The molecule has 0 fully saturated rings. The smallest absolute Gasteiger partial charge is 0.0967 e. The molecule has 0 radical (unpaired) electrons. The van der Waals surface area contributed by atoms with Crippen LogP contribution in [-0.2, 0) is 0 Å². The third kappa shape index (κ3) is 18.5. The van der Waals surface area contributed by atoms with Gasteiger partial charge in [-0.1, -0.05) is 0 Å². The Bertz CT molecular complexity index is 108. The van der Waals surface area contributed by atoms with Gasteiger partial charge in [-0.3, -0.25) is 0 Å². The Hall–Kier alpha value is 1.53. The molecule has 0 saturated heterocycles. The Labute approximate surface area is 101 Å². The third-order valence-electron chi connectivity index (χ3n) is 0.520. The Morgan fingerprint density at radius 3 is 1.82 bits per heavy atom. The van der Waals surface area contributed by atoms with E-state index in [-0.39, 0.29) is 35.5 Å². The molecule has 0 spiro atoms. The fourth-order valence-corrected chi connectivity index (χ4v) is 1.86. The molecule has 0 aromatic rings. The summed E-state index contributed by atoms with van der Waals surface area (Å²) < 4.78 is 2.81. The second-order valence-electron chi connectivity index (χ2n) is 1.41. The first kappa shape index (κ1) is 18.3. The zero-order valence-corrected chi connectivity index (χ0v) is 12.5. The van der Waals surface area contributed by atoms with Gasteiger partial charge in [0.05, 0.1) is 5.34 Å². The molecule has 0 aliphatic heterocycles. The summed E-state index contributed by atoms with van der Waals surface area (Å²) in [6.07, 6.45) is 0. The summed E-state index contributed by atoms with van der Waals surface area (Å²) >= 11 is 13.1. The average molecular weight is 396 g/mol. The second kappa shape index (κ2) is 14.1. The molecule has 70 valence electrons. The van der Waals surface area contributed by atoms with Crippen molar-refractivity contribution in [2.45, 2.75) is 0 Å². The molecule has 0 amide bonds. The van der Waals surface area contributed by atoms with Crippen LogP contribution < -0.4 is 22.7 Å². The van der Waals surface area contributed by atoms with Gasteiger partial charge >= 0.3 is 56.4 Å². The van der Waals surface area contributed by atoms with E-state index in [1.807, 2.05) is 18.7 Å². The van der Waals surface area contributed by atoms with Gasteiger partial charge < -0.3 is 17.0 Å². The van der Waals surface area contributed by atoms with Crippen molar-refractivity contribution in [3.05, 3.63) is 0 Å². The summed E-state index contributed by atoms with van der Waals surface area (Å²) in [6, 6.07) is 0. The van der Waals surface area contributed by atoms with Gasteiger partial charge in [0.25, 0.3) is 0 Å². The van der Waals surface area contributed by atoms with Gasteiger partial charge in [-0.25, -0.2) is 0 Å². The molecule has 0 saturated carbocycles. The zero-order valence-electron chi connectivity index (χ0n) is 6.15. The number of rotatable bonds is 1. The van der Waals surface area contributed by atoms with Gasteiger partial charge in [-0.2, -0.15) is 0 Å². The molecular formula is C4H10Br2Cl2N2Se. The summed E-state index contributed by atoms with van der Waals surface area (Å²) in [5.41, 5.74) is 5.44. The molecule has 0 aliphatic rings. The second-order valence-corrected chi connectivity index (χ2v) is 5.10. The number of hydrogen-bond acceptors (Lipinski definition) is 0. The predicted octanol–water partition coefficient (Wildman–Crippen LogP) is -1.99. The normalized spacial score (nSPS) is 7.00. The molecule has 0 unspecified atom stereocenters. The van der Waals surface area contributed by atoms with E-state index < -0.39 is 0 Å². The van der Waals surface area contributed by atoms with Gasteiger partial charge in [0.1, 0.15) is 0 Å². The Kier molecular flexibility index (Phi) is 23.5. The predicted molar refractivity (Wildman–Crippen MR) is 52.6 cm³/mol. The molecule has 2 nitrogen and oxygen atoms in total. The van der Waals surface area contributed by atoms with Crippen molar-refractivity contribution >= 4 is 55.2 Å². The van der Waals surface area contributed by atoms with Gasteiger partial charge in [-0.15, -0.1) is 23.2 Å². The summed E-state index contributed by atoms with van der Waals surface area (Å²) in [5, 5.41) is 0.194. The zero-order chi connectivity index (χ0) is 8.57. The third-order valence-corrected chi connectivity index (χ3v) is 3.34. The number of amidine groups is 1. The molecule has 0 atom stereocenters.